The van der Waals surface area contributed by atoms with Gasteiger partial charge >= 0.3 is 0 Å². The van der Waals surface area contributed by atoms with E-state index < -0.39 is 17.7 Å². The van der Waals surface area contributed by atoms with Crippen LogP contribution in [0.25, 0.3) is 5.76 Å². The zero-order valence-electron chi connectivity index (χ0n) is 20.2. The van der Waals surface area contributed by atoms with Gasteiger partial charge in [-0.1, -0.05) is 56.3 Å². The number of nitrogens with zero attached hydrogens (tertiary/aromatic N) is 1. The summed E-state index contributed by atoms with van der Waals surface area (Å²) in [6, 6.07) is 20.8. The number of aliphatic hydroxyl groups is 1. The van der Waals surface area contributed by atoms with Crippen LogP contribution in [-0.4, -0.2) is 30.5 Å². The number of rotatable bonds is 8. The van der Waals surface area contributed by atoms with Gasteiger partial charge in [0.25, 0.3) is 11.7 Å². The lowest BCUT2D eigenvalue weighted by molar-refractivity contribution is -0.132. The molecule has 0 radical (unpaired) electrons. The summed E-state index contributed by atoms with van der Waals surface area (Å²) in [7, 11) is 1.56. The molecule has 4 rings (SSSR count). The second kappa shape index (κ2) is 10.5. The van der Waals surface area contributed by atoms with Crippen molar-refractivity contribution < 1.29 is 24.2 Å². The molecule has 0 spiro atoms. The molecule has 1 aliphatic heterocycles. The summed E-state index contributed by atoms with van der Waals surface area (Å²) in [5.41, 5.74) is 2.78. The second-order valence-electron chi connectivity index (χ2n) is 8.34. The molecule has 1 unspecified atom stereocenters. The van der Waals surface area contributed by atoms with Crippen molar-refractivity contribution in [1.82, 2.24) is 0 Å². The van der Waals surface area contributed by atoms with Crippen LogP contribution >= 0.6 is 0 Å². The Morgan fingerprint density at radius 2 is 1.66 bits per heavy atom. The standard InChI is InChI=1S/C29H29NO5/c1-4-16-35-24-11-7-9-22(18-24)30-26(21-8-6-10-23(17-21)34-3)25(28(32)29(30)33)27(31)20-14-12-19(5-2)13-15-20/h6-15,17-18,26,31H,4-5,16H2,1-3H3/b27-25+. The van der Waals surface area contributed by atoms with E-state index in [0.29, 0.717) is 34.9 Å². The fourth-order valence-corrected chi connectivity index (χ4v) is 4.22. The van der Waals surface area contributed by atoms with Gasteiger partial charge in [-0.25, -0.2) is 0 Å². The van der Waals surface area contributed by atoms with Crippen molar-refractivity contribution >= 4 is 23.1 Å². The van der Waals surface area contributed by atoms with Crippen LogP contribution in [0.15, 0.2) is 78.4 Å². The van der Waals surface area contributed by atoms with E-state index >= 15 is 0 Å². The summed E-state index contributed by atoms with van der Waals surface area (Å²) < 4.78 is 11.1. The molecular formula is C29H29NO5. The van der Waals surface area contributed by atoms with Gasteiger partial charge in [-0.15, -0.1) is 0 Å². The van der Waals surface area contributed by atoms with Gasteiger partial charge in [0, 0.05) is 17.3 Å². The molecule has 3 aromatic carbocycles. The highest BCUT2D eigenvalue weighted by Crippen LogP contribution is 2.43. The lowest BCUT2D eigenvalue weighted by Crippen LogP contribution is -2.29. The first kappa shape index (κ1) is 24.1. The average molecular weight is 472 g/mol. The number of benzene rings is 3. The van der Waals surface area contributed by atoms with Gasteiger partial charge in [-0.3, -0.25) is 14.5 Å². The van der Waals surface area contributed by atoms with Crippen LogP contribution < -0.4 is 14.4 Å². The summed E-state index contributed by atoms with van der Waals surface area (Å²) in [5, 5.41) is 11.3. The third-order valence-corrected chi connectivity index (χ3v) is 6.06. The summed E-state index contributed by atoms with van der Waals surface area (Å²) >= 11 is 0. The van der Waals surface area contributed by atoms with E-state index in [4.69, 9.17) is 9.47 Å². The van der Waals surface area contributed by atoms with Crippen LogP contribution in [0.4, 0.5) is 5.69 Å². The Bertz CT molecular complexity index is 1260. The number of hydrogen-bond donors (Lipinski definition) is 1. The van der Waals surface area contributed by atoms with E-state index in [0.717, 1.165) is 18.4 Å². The Morgan fingerprint density at radius 1 is 0.943 bits per heavy atom. The quantitative estimate of drug-likeness (QED) is 0.260. The maximum absolute atomic E-state index is 13.4. The van der Waals surface area contributed by atoms with E-state index in [-0.39, 0.29) is 11.3 Å². The molecule has 1 saturated heterocycles. The molecule has 1 N–H and O–H groups in total. The Kier molecular flexibility index (Phi) is 7.20. The molecule has 1 aliphatic rings. The Labute approximate surface area is 205 Å². The number of aliphatic hydroxyl groups excluding tert-OH is 1. The third kappa shape index (κ3) is 4.78. The van der Waals surface area contributed by atoms with Gasteiger partial charge in [0.1, 0.15) is 17.3 Å². The van der Waals surface area contributed by atoms with Gasteiger partial charge in [-0.2, -0.15) is 0 Å². The molecule has 35 heavy (non-hydrogen) atoms. The highest BCUT2D eigenvalue weighted by molar-refractivity contribution is 6.51. The van der Waals surface area contributed by atoms with Crippen molar-refractivity contribution in [2.45, 2.75) is 32.7 Å². The smallest absolute Gasteiger partial charge is 0.300 e. The van der Waals surface area contributed by atoms with Gasteiger partial charge in [-0.05, 0) is 48.2 Å². The van der Waals surface area contributed by atoms with Gasteiger partial charge in [0.15, 0.2) is 0 Å². The largest absolute Gasteiger partial charge is 0.507 e. The molecule has 6 heteroatoms. The zero-order chi connectivity index (χ0) is 24.9. The zero-order valence-corrected chi connectivity index (χ0v) is 20.2. The van der Waals surface area contributed by atoms with Crippen molar-refractivity contribution in [1.29, 1.82) is 0 Å². The number of carbonyl (C=O) groups is 2. The van der Waals surface area contributed by atoms with E-state index in [2.05, 4.69) is 0 Å². The SMILES string of the molecule is CCCOc1cccc(N2C(=O)C(=O)/C(=C(/O)c3ccc(CC)cc3)C2c2cccc(OC)c2)c1. The van der Waals surface area contributed by atoms with Crippen molar-refractivity contribution in [2.24, 2.45) is 0 Å². The number of anilines is 1. The van der Waals surface area contributed by atoms with Gasteiger partial charge < -0.3 is 14.6 Å². The first-order chi connectivity index (χ1) is 17.0. The summed E-state index contributed by atoms with van der Waals surface area (Å²) in [6.07, 6.45) is 1.70. The number of methoxy groups -OCH3 is 1. The Balaban J connectivity index is 1.89. The maximum atomic E-state index is 13.4. The molecule has 1 fully saturated rings. The molecule has 1 heterocycles. The highest BCUT2D eigenvalue weighted by Gasteiger charge is 2.47. The summed E-state index contributed by atoms with van der Waals surface area (Å²) in [6.45, 7) is 4.59. The molecule has 0 bridgehead atoms. The van der Waals surface area contributed by atoms with E-state index in [1.807, 2.05) is 38.1 Å². The predicted octanol–water partition coefficient (Wildman–Crippen LogP) is 5.67. The summed E-state index contributed by atoms with van der Waals surface area (Å²) in [4.78, 5) is 28.1. The number of amides is 1. The lowest BCUT2D eigenvalue weighted by atomic mass is 9.94. The molecule has 0 aromatic heterocycles. The number of ether oxygens (including phenoxy) is 2. The lowest BCUT2D eigenvalue weighted by Gasteiger charge is -2.26. The van der Waals surface area contributed by atoms with Crippen LogP contribution in [0.5, 0.6) is 11.5 Å². The Hall–Kier alpha value is -4.06. The number of Topliss-reactive ketones (excluding diaryl/α,β-unsaturated/α-hetero) is 1. The molecule has 1 amide bonds. The molecule has 6 nitrogen and oxygen atoms in total. The number of ketones is 1. The van der Waals surface area contributed by atoms with Gasteiger partial charge in [0.05, 0.1) is 25.3 Å². The maximum Gasteiger partial charge on any atom is 0.300 e. The highest BCUT2D eigenvalue weighted by atomic mass is 16.5. The van der Waals surface area contributed by atoms with E-state index in [1.165, 1.54) is 4.90 Å². The number of carbonyl (C=O) groups excluding carboxylic acids is 2. The minimum atomic E-state index is -0.836. The van der Waals surface area contributed by atoms with Crippen molar-refractivity contribution in [3.05, 3.63) is 95.1 Å². The molecular weight excluding hydrogens is 442 g/mol. The predicted molar refractivity (Wildman–Crippen MR) is 136 cm³/mol. The van der Waals surface area contributed by atoms with Gasteiger partial charge in [0.2, 0.25) is 0 Å². The van der Waals surface area contributed by atoms with Crippen molar-refractivity contribution in [3.63, 3.8) is 0 Å². The topological polar surface area (TPSA) is 76.1 Å². The minimum Gasteiger partial charge on any atom is -0.507 e. The molecule has 1 atom stereocenters. The normalized spacial score (nSPS) is 17.0. The van der Waals surface area contributed by atoms with Crippen LogP contribution in [0.2, 0.25) is 0 Å². The first-order valence-electron chi connectivity index (χ1n) is 11.8. The van der Waals surface area contributed by atoms with E-state index in [9.17, 15) is 14.7 Å². The fraction of sp³-hybridized carbons (Fsp3) is 0.241. The van der Waals surface area contributed by atoms with Crippen molar-refractivity contribution in [3.8, 4) is 11.5 Å². The Morgan fingerprint density at radius 3 is 2.34 bits per heavy atom. The van der Waals surface area contributed by atoms with Crippen LogP contribution in [0.3, 0.4) is 0 Å². The third-order valence-electron chi connectivity index (χ3n) is 6.06. The number of hydrogen-bond acceptors (Lipinski definition) is 5. The summed E-state index contributed by atoms with van der Waals surface area (Å²) in [5.74, 6) is -0.474. The monoisotopic (exact) mass is 471 g/mol. The molecule has 0 aliphatic carbocycles. The van der Waals surface area contributed by atoms with Crippen LogP contribution in [0.1, 0.15) is 43.0 Å². The van der Waals surface area contributed by atoms with Crippen LogP contribution in [0, 0.1) is 0 Å². The van der Waals surface area contributed by atoms with E-state index in [1.54, 1.807) is 55.6 Å². The minimum absolute atomic E-state index is 0.0346. The fourth-order valence-electron chi connectivity index (χ4n) is 4.22. The first-order valence-corrected chi connectivity index (χ1v) is 11.8. The average Bonchev–Trinajstić information content (AvgIpc) is 3.17. The van der Waals surface area contributed by atoms with Crippen LogP contribution in [-0.2, 0) is 16.0 Å². The molecule has 3 aromatic rings. The number of aryl methyl sites for hydroxylation is 1. The molecule has 180 valence electrons. The van der Waals surface area contributed by atoms with Crippen molar-refractivity contribution in [2.75, 3.05) is 18.6 Å². The second-order valence-corrected chi connectivity index (χ2v) is 8.34. The molecule has 0 saturated carbocycles.